The van der Waals surface area contributed by atoms with Gasteiger partial charge in [-0.15, -0.1) is 0 Å². The lowest BCUT2D eigenvalue weighted by Gasteiger charge is -2.11. The summed E-state index contributed by atoms with van der Waals surface area (Å²) in [5, 5.41) is 2.98. The predicted molar refractivity (Wildman–Crippen MR) is 72.3 cm³/mol. The van der Waals surface area contributed by atoms with E-state index in [1.165, 1.54) is 24.5 Å². The third kappa shape index (κ3) is 2.60. The number of hydrogen-bond acceptors (Lipinski definition) is 4. The molecule has 6 heteroatoms. The number of aromatic nitrogens is 2. The first-order valence-corrected chi connectivity index (χ1v) is 5.63. The van der Waals surface area contributed by atoms with Gasteiger partial charge in [0, 0.05) is 18.1 Å². The van der Waals surface area contributed by atoms with E-state index in [1.54, 1.807) is 6.07 Å². The number of nitrogens with one attached hydrogen (secondary N) is 1. The summed E-state index contributed by atoms with van der Waals surface area (Å²) in [7, 11) is 0. The van der Waals surface area contributed by atoms with Crippen LogP contribution in [0.5, 0.6) is 0 Å². The number of aryl methyl sites for hydroxylation is 1. The summed E-state index contributed by atoms with van der Waals surface area (Å²) in [6, 6.07) is 4.45. The molecule has 1 aromatic heterocycles. The third-order valence-corrected chi connectivity index (χ3v) is 2.58. The van der Waals surface area contributed by atoms with Gasteiger partial charge in [-0.05, 0) is 24.6 Å². The van der Waals surface area contributed by atoms with Crippen LogP contribution in [0, 0.1) is 12.7 Å². The van der Waals surface area contributed by atoms with Crippen LogP contribution in [0.3, 0.4) is 0 Å². The van der Waals surface area contributed by atoms with Crippen LogP contribution in [-0.4, -0.2) is 15.0 Å². The van der Waals surface area contributed by atoms with Gasteiger partial charge in [0.15, 0.2) is 5.82 Å². The maximum Gasteiger partial charge on any atom is 0.159 e. The highest BCUT2D eigenvalue weighted by atomic mass is 32.1. The van der Waals surface area contributed by atoms with Crippen molar-refractivity contribution in [2.24, 2.45) is 5.73 Å². The Kier molecular flexibility index (Phi) is 3.47. The lowest BCUT2D eigenvalue weighted by atomic mass is 10.2. The van der Waals surface area contributed by atoms with Crippen LogP contribution in [0.15, 0.2) is 30.6 Å². The van der Waals surface area contributed by atoms with Crippen LogP contribution in [0.25, 0.3) is 0 Å². The van der Waals surface area contributed by atoms with E-state index in [9.17, 15) is 4.39 Å². The van der Waals surface area contributed by atoms with Gasteiger partial charge in [0.1, 0.15) is 16.5 Å². The van der Waals surface area contributed by atoms with E-state index in [4.69, 9.17) is 18.0 Å². The Morgan fingerprint density at radius 3 is 2.78 bits per heavy atom. The summed E-state index contributed by atoms with van der Waals surface area (Å²) in [5.74, 6) is 0.0857. The highest BCUT2D eigenvalue weighted by molar-refractivity contribution is 7.80. The molecule has 0 fully saturated rings. The van der Waals surface area contributed by atoms with Gasteiger partial charge in [0.2, 0.25) is 0 Å². The van der Waals surface area contributed by atoms with Gasteiger partial charge in [-0.25, -0.2) is 14.4 Å². The zero-order valence-corrected chi connectivity index (χ0v) is 10.5. The van der Waals surface area contributed by atoms with Crippen molar-refractivity contribution in [3.63, 3.8) is 0 Å². The quantitative estimate of drug-likeness (QED) is 0.831. The summed E-state index contributed by atoms with van der Waals surface area (Å²) in [6.45, 7) is 1.86. The van der Waals surface area contributed by atoms with E-state index in [0.717, 1.165) is 5.56 Å². The molecule has 0 amide bonds. The zero-order chi connectivity index (χ0) is 13.1. The van der Waals surface area contributed by atoms with E-state index in [0.29, 0.717) is 17.2 Å². The topological polar surface area (TPSA) is 63.8 Å². The molecule has 1 aromatic carbocycles. The molecule has 0 saturated carbocycles. The lowest BCUT2D eigenvalue weighted by molar-refractivity contribution is 0.628. The fraction of sp³-hybridized carbons (Fsp3) is 0.0833. The molecular formula is C12H11FN4S. The van der Waals surface area contributed by atoms with Crippen molar-refractivity contribution >= 4 is 28.7 Å². The number of nitrogens with two attached hydrogens (primary N) is 1. The van der Waals surface area contributed by atoms with E-state index >= 15 is 0 Å². The molecule has 2 rings (SSSR count). The van der Waals surface area contributed by atoms with Crippen molar-refractivity contribution in [2.75, 3.05) is 5.32 Å². The molecule has 1 heterocycles. The Balaban J connectivity index is 2.40. The van der Waals surface area contributed by atoms with Gasteiger partial charge in [0.05, 0.1) is 0 Å². The fourth-order valence-corrected chi connectivity index (χ4v) is 1.62. The van der Waals surface area contributed by atoms with Gasteiger partial charge >= 0.3 is 0 Å². The summed E-state index contributed by atoms with van der Waals surface area (Å²) < 4.78 is 13.2. The summed E-state index contributed by atoms with van der Waals surface area (Å²) >= 11 is 4.89. The van der Waals surface area contributed by atoms with Gasteiger partial charge in [-0.3, -0.25) is 0 Å². The number of rotatable bonds is 3. The second kappa shape index (κ2) is 5.05. The van der Waals surface area contributed by atoms with Crippen molar-refractivity contribution in [1.29, 1.82) is 0 Å². The first-order valence-electron chi connectivity index (χ1n) is 5.22. The first-order chi connectivity index (χ1) is 8.58. The fourth-order valence-electron chi connectivity index (χ4n) is 1.47. The van der Waals surface area contributed by atoms with Gasteiger partial charge in [-0.1, -0.05) is 18.3 Å². The minimum atomic E-state index is -0.330. The molecule has 0 saturated heterocycles. The number of hydrogen-bond donors (Lipinski definition) is 2. The van der Waals surface area contributed by atoms with E-state index in [1.807, 2.05) is 6.92 Å². The molecule has 0 aliphatic heterocycles. The molecule has 0 aliphatic rings. The standard InChI is InChI=1S/C12H11FN4S/c1-7-2-3-8(13)6-9(7)17-12-10(11(14)18)15-4-5-16-12/h2-6H,1H3,(H2,14,18)(H,16,17). The van der Waals surface area contributed by atoms with Crippen molar-refractivity contribution in [1.82, 2.24) is 9.97 Å². The Bertz CT molecular complexity index is 600. The molecule has 0 aliphatic carbocycles. The van der Waals surface area contributed by atoms with Crippen LogP contribution in [-0.2, 0) is 0 Å². The van der Waals surface area contributed by atoms with Crippen molar-refractivity contribution in [2.45, 2.75) is 6.92 Å². The summed E-state index contributed by atoms with van der Waals surface area (Å²) in [4.78, 5) is 8.28. The molecule has 18 heavy (non-hydrogen) atoms. The Morgan fingerprint density at radius 1 is 1.33 bits per heavy atom. The molecule has 4 nitrogen and oxygen atoms in total. The minimum Gasteiger partial charge on any atom is -0.388 e. The highest BCUT2D eigenvalue weighted by Gasteiger charge is 2.09. The number of thiocarbonyl (C=S) groups is 1. The zero-order valence-electron chi connectivity index (χ0n) is 9.64. The predicted octanol–water partition coefficient (Wildman–Crippen LogP) is 2.30. The maximum atomic E-state index is 13.2. The number of anilines is 2. The van der Waals surface area contributed by atoms with Crippen LogP contribution >= 0.6 is 12.2 Å². The molecule has 2 aromatic rings. The first kappa shape index (κ1) is 12.4. The molecule has 0 bridgehead atoms. The second-order valence-electron chi connectivity index (χ2n) is 3.70. The molecule has 0 atom stereocenters. The summed E-state index contributed by atoms with van der Waals surface area (Å²) in [5.41, 5.74) is 7.43. The molecular weight excluding hydrogens is 251 g/mol. The van der Waals surface area contributed by atoms with Gasteiger partial charge in [0.25, 0.3) is 0 Å². The number of halogens is 1. The van der Waals surface area contributed by atoms with E-state index < -0.39 is 0 Å². The van der Waals surface area contributed by atoms with Gasteiger partial charge in [-0.2, -0.15) is 0 Å². The average Bonchev–Trinajstić information content (AvgIpc) is 2.34. The second-order valence-corrected chi connectivity index (χ2v) is 4.14. The van der Waals surface area contributed by atoms with Crippen LogP contribution in [0.2, 0.25) is 0 Å². The Morgan fingerprint density at radius 2 is 2.06 bits per heavy atom. The monoisotopic (exact) mass is 262 g/mol. The van der Waals surface area contributed by atoms with Gasteiger partial charge < -0.3 is 11.1 Å². The molecule has 92 valence electrons. The van der Waals surface area contributed by atoms with Crippen LogP contribution < -0.4 is 11.1 Å². The van der Waals surface area contributed by atoms with Crippen molar-refractivity contribution in [3.05, 3.63) is 47.7 Å². The molecule has 0 spiro atoms. The Labute approximate surface area is 109 Å². The Hall–Kier alpha value is -2.08. The summed E-state index contributed by atoms with van der Waals surface area (Å²) in [6.07, 6.45) is 3.01. The largest absolute Gasteiger partial charge is 0.388 e. The van der Waals surface area contributed by atoms with Crippen LogP contribution in [0.4, 0.5) is 15.9 Å². The smallest absolute Gasteiger partial charge is 0.159 e. The SMILES string of the molecule is Cc1ccc(F)cc1Nc1nccnc1C(N)=S. The number of benzene rings is 1. The number of nitrogens with zero attached hydrogens (tertiary/aromatic N) is 2. The lowest BCUT2D eigenvalue weighted by Crippen LogP contribution is -2.15. The third-order valence-electron chi connectivity index (χ3n) is 2.38. The highest BCUT2D eigenvalue weighted by Crippen LogP contribution is 2.21. The molecule has 3 N–H and O–H groups in total. The average molecular weight is 262 g/mol. The van der Waals surface area contributed by atoms with E-state index in [2.05, 4.69) is 15.3 Å². The molecule has 0 unspecified atom stereocenters. The van der Waals surface area contributed by atoms with E-state index in [-0.39, 0.29) is 10.8 Å². The minimum absolute atomic E-state index is 0.139. The normalized spacial score (nSPS) is 10.1. The molecule has 0 radical (unpaired) electrons. The van der Waals surface area contributed by atoms with Crippen LogP contribution in [0.1, 0.15) is 11.3 Å². The van der Waals surface area contributed by atoms with Crippen molar-refractivity contribution in [3.8, 4) is 0 Å². The maximum absolute atomic E-state index is 13.2. The van der Waals surface area contributed by atoms with Crippen molar-refractivity contribution < 1.29 is 4.39 Å².